The van der Waals surface area contributed by atoms with Crippen molar-refractivity contribution >= 4 is 17.6 Å². The van der Waals surface area contributed by atoms with Gasteiger partial charge in [-0.25, -0.2) is 4.39 Å². The van der Waals surface area contributed by atoms with Crippen LogP contribution in [0.1, 0.15) is 17.0 Å². The molecule has 5 nitrogen and oxygen atoms in total. The highest BCUT2D eigenvalue weighted by molar-refractivity contribution is 5.83. The Labute approximate surface area is 145 Å². The quantitative estimate of drug-likeness (QED) is 0.844. The molecule has 0 radical (unpaired) electrons. The standard InChI is InChI=1S/C19H19FN2O3/c20-15-7-5-13(6-8-15)16(19(24)25)11-21-18(23)12-22-10-9-14-3-1-2-4-17(14)22/h1-8,16H,9-12H2,(H,21,23)(H,24,25). The minimum atomic E-state index is -1.06. The molecule has 0 aliphatic carbocycles. The fourth-order valence-electron chi connectivity index (χ4n) is 3.06. The van der Waals surface area contributed by atoms with Crippen LogP contribution in [0.5, 0.6) is 0 Å². The molecule has 2 aromatic carbocycles. The van der Waals surface area contributed by atoms with Crippen molar-refractivity contribution in [1.82, 2.24) is 5.32 Å². The van der Waals surface area contributed by atoms with Gasteiger partial charge in [0, 0.05) is 18.8 Å². The molecule has 1 atom stereocenters. The van der Waals surface area contributed by atoms with Crippen molar-refractivity contribution < 1.29 is 19.1 Å². The highest BCUT2D eigenvalue weighted by atomic mass is 19.1. The Balaban J connectivity index is 1.59. The van der Waals surface area contributed by atoms with Crippen LogP contribution in [0.4, 0.5) is 10.1 Å². The van der Waals surface area contributed by atoms with Crippen molar-refractivity contribution in [3.8, 4) is 0 Å². The molecule has 0 saturated carbocycles. The van der Waals surface area contributed by atoms with E-state index in [4.69, 9.17) is 0 Å². The molecule has 3 rings (SSSR count). The van der Waals surface area contributed by atoms with E-state index in [0.29, 0.717) is 5.56 Å². The van der Waals surface area contributed by atoms with Crippen molar-refractivity contribution in [2.45, 2.75) is 12.3 Å². The first-order valence-electron chi connectivity index (χ1n) is 8.12. The van der Waals surface area contributed by atoms with Gasteiger partial charge in [0.1, 0.15) is 5.82 Å². The second-order valence-electron chi connectivity index (χ2n) is 6.05. The third kappa shape index (κ3) is 3.96. The van der Waals surface area contributed by atoms with Crippen molar-refractivity contribution in [3.63, 3.8) is 0 Å². The van der Waals surface area contributed by atoms with Crippen LogP contribution < -0.4 is 10.2 Å². The van der Waals surface area contributed by atoms with Gasteiger partial charge in [-0.1, -0.05) is 30.3 Å². The van der Waals surface area contributed by atoms with Crippen molar-refractivity contribution in [2.75, 3.05) is 24.5 Å². The number of carboxylic acids is 1. The van der Waals surface area contributed by atoms with Gasteiger partial charge >= 0.3 is 5.97 Å². The fraction of sp³-hybridized carbons (Fsp3) is 0.263. The van der Waals surface area contributed by atoms with E-state index in [1.807, 2.05) is 29.2 Å². The third-order valence-electron chi connectivity index (χ3n) is 4.39. The van der Waals surface area contributed by atoms with E-state index in [2.05, 4.69) is 5.32 Å². The number of halogens is 1. The zero-order chi connectivity index (χ0) is 17.8. The number of hydrogen-bond acceptors (Lipinski definition) is 3. The summed E-state index contributed by atoms with van der Waals surface area (Å²) in [5.41, 5.74) is 2.72. The molecule has 0 fully saturated rings. The number of hydrogen-bond donors (Lipinski definition) is 2. The van der Waals surface area contributed by atoms with Crippen LogP contribution in [0.3, 0.4) is 0 Å². The first-order valence-corrected chi connectivity index (χ1v) is 8.12. The van der Waals surface area contributed by atoms with E-state index in [1.54, 1.807) is 0 Å². The van der Waals surface area contributed by atoms with Gasteiger partial charge < -0.3 is 15.3 Å². The zero-order valence-corrected chi connectivity index (χ0v) is 13.6. The lowest BCUT2D eigenvalue weighted by Crippen LogP contribution is -2.39. The number of amides is 1. The number of rotatable bonds is 6. The summed E-state index contributed by atoms with van der Waals surface area (Å²) in [6.07, 6.45) is 0.900. The minimum absolute atomic E-state index is 0.0325. The second-order valence-corrected chi connectivity index (χ2v) is 6.05. The molecule has 25 heavy (non-hydrogen) atoms. The van der Waals surface area contributed by atoms with Crippen LogP contribution >= 0.6 is 0 Å². The van der Waals surface area contributed by atoms with Gasteiger partial charge in [0.2, 0.25) is 5.91 Å². The van der Waals surface area contributed by atoms with E-state index in [0.717, 1.165) is 18.7 Å². The SMILES string of the molecule is O=C(CN1CCc2ccccc21)NCC(C(=O)O)c1ccc(F)cc1. The normalized spacial score (nSPS) is 14.0. The number of benzene rings is 2. The van der Waals surface area contributed by atoms with Gasteiger partial charge in [0.25, 0.3) is 0 Å². The number of fused-ring (bicyclic) bond motifs is 1. The predicted molar refractivity (Wildman–Crippen MR) is 92.1 cm³/mol. The minimum Gasteiger partial charge on any atom is -0.481 e. The molecule has 2 aromatic rings. The molecule has 1 unspecified atom stereocenters. The Hall–Kier alpha value is -2.89. The van der Waals surface area contributed by atoms with Crippen molar-refractivity contribution in [2.24, 2.45) is 0 Å². The summed E-state index contributed by atoms with van der Waals surface area (Å²) in [6.45, 7) is 0.926. The maximum Gasteiger partial charge on any atom is 0.312 e. The number of carbonyl (C=O) groups excluding carboxylic acids is 1. The van der Waals surface area contributed by atoms with Gasteiger partial charge in [-0.2, -0.15) is 0 Å². The van der Waals surface area contributed by atoms with E-state index in [1.165, 1.54) is 29.8 Å². The lowest BCUT2D eigenvalue weighted by molar-refractivity contribution is -0.138. The number of carbonyl (C=O) groups is 2. The topological polar surface area (TPSA) is 69.6 Å². The summed E-state index contributed by atoms with van der Waals surface area (Å²) >= 11 is 0. The zero-order valence-electron chi connectivity index (χ0n) is 13.6. The maximum absolute atomic E-state index is 13.0. The van der Waals surface area contributed by atoms with Crippen LogP contribution in [0, 0.1) is 5.82 Å². The van der Waals surface area contributed by atoms with Crippen LogP contribution in [-0.2, 0) is 16.0 Å². The average Bonchev–Trinajstić information content (AvgIpc) is 2.99. The predicted octanol–water partition coefficient (Wildman–Crippen LogP) is 2.17. The second kappa shape index (κ2) is 7.34. The Morgan fingerprint density at radius 1 is 1.16 bits per heavy atom. The number of nitrogens with zero attached hydrogens (tertiary/aromatic N) is 1. The molecule has 1 amide bonds. The molecule has 1 heterocycles. The lowest BCUT2D eigenvalue weighted by Gasteiger charge is -2.20. The molecule has 0 saturated heterocycles. The largest absolute Gasteiger partial charge is 0.481 e. The Bertz CT molecular complexity index is 776. The van der Waals surface area contributed by atoms with Gasteiger partial charge in [0.15, 0.2) is 0 Å². The van der Waals surface area contributed by atoms with Crippen LogP contribution in [0.25, 0.3) is 0 Å². The monoisotopic (exact) mass is 342 g/mol. The number of carboxylic acid groups (broad SMARTS) is 1. The molecule has 1 aliphatic rings. The van der Waals surface area contributed by atoms with Gasteiger partial charge in [-0.05, 0) is 35.7 Å². The molecular formula is C19H19FN2O3. The molecule has 130 valence electrons. The summed E-state index contributed by atoms with van der Waals surface area (Å²) in [6, 6.07) is 13.2. The third-order valence-corrected chi connectivity index (χ3v) is 4.39. The Morgan fingerprint density at radius 3 is 2.60 bits per heavy atom. The fourth-order valence-corrected chi connectivity index (χ4v) is 3.06. The molecule has 6 heteroatoms. The number of para-hydroxylation sites is 1. The van der Waals surface area contributed by atoms with Gasteiger partial charge in [0.05, 0.1) is 12.5 Å². The molecule has 0 bridgehead atoms. The molecule has 1 aliphatic heterocycles. The first kappa shape index (κ1) is 17.0. The van der Waals surface area contributed by atoms with Crippen molar-refractivity contribution in [3.05, 3.63) is 65.5 Å². The Kier molecular flexibility index (Phi) is 4.97. The van der Waals surface area contributed by atoms with Crippen molar-refractivity contribution in [1.29, 1.82) is 0 Å². The van der Waals surface area contributed by atoms with Crippen LogP contribution in [0.2, 0.25) is 0 Å². The van der Waals surface area contributed by atoms with Crippen LogP contribution in [-0.4, -0.2) is 36.6 Å². The number of aliphatic carboxylic acids is 1. The molecule has 0 aromatic heterocycles. The first-order chi connectivity index (χ1) is 12.0. The summed E-state index contributed by atoms with van der Waals surface area (Å²) in [5.74, 6) is -2.62. The van der Waals surface area contributed by atoms with E-state index in [-0.39, 0.29) is 19.0 Å². The Morgan fingerprint density at radius 2 is 1.88 bits per heavy atom. The van der Waals surface area contributed by atoms with Crippen LogP contribution in [0.15, 0.2) is 48.5 Å². The molecule has 2 N–H and O–H groups in total. The highest BCUT2D eigenvalue weighted by Crippen LogP contribution is 2.26. The summed E-state index contributed by atoms with van der Waals surface area (Å²) in [4.78, 5) is 25.7. The maximum atomic E-state index is 13.0. The molecular weight excluding hydrogens is 323 g/mol. The van der Waals surface area contributed by atoms with E-state index >= 15 is 0 Å². The average molecular weight is 342 g/mol. The number of nitrogens with one attached hydrogen (secondary N) is 1. The molecule has 0 spiro atoms. The van der Waals surface area contributed by atoms with Gasteiger partial charge in [-0.3, -0.25) is 9.59 Å². The highest BCUT2D eigenvalue weighted by Gasteiger charge is 2.23. The number of anilines is 1. The van der Waals surface area contributed by atoms with Gasteiger partial charge in [-0.15, -0.1) is 0 Å². The summed E-state index contributed by atoms with van der Waals surface area (Å²) < 4.78 is 13.0. The van der Waals surface area contributed by atoms with E-state index < -0.39 is 17.7 Å². The summed E-state index contributed by atoms with van der Waals surface area (Å²) in [7, 11) is 0. The van der Waals surface area contributed by atoms with E-state index in [9.17, 15) is 19.1 Å². The lowest BCUT2D eigenvalue weighted by atomic mass is 9.99. The summed E-state index contributed by atoms with van der Waals surface area (Å²) in [5, 5.41) is 12.0. The smallest absolute Gasteiger partial charge is 0.312 e.